The lowest BCUT2D eigenvalue weighted by Gasteiger charge is -2.14. The first kappa shape index (κ1) is 18.8. The average molecular weight is 408 g/mol. The van der Waals surface area contributed by atoms with Crippen LogP contribution in [-0.2, 0) is 4.74 Å². The number of carbonyl (C=O) groups excluding carboxylic acids is 1. The lowest BCUT2D eigenvalue weighted by atomic mass is 9.98. The molecule has 0 aliphatic heterocycles. The largest absolute Gasteiger partial charge is 0.449 e. The minimum atomic E-state index is -0.479. The Morgan fingerprint density at radius 1 is 1.06 bits per heavy atom. The summed E-state index contributed by atoms with van der Waals surface area (Å²) >= 11 is 0. The highest BCUT2D eigenvalue weighted by Crippen LogP contribution is 2.44. The quantitative estimate of drug-likeness (QED) is 0.446. The molecule has 0 unspecified atom stereocenters. The Labute approximate surface area is 179 Å². The van der Waals surface area contributed by atoms with Crippen molar-refractivity contribution >= 4 is 22.8 Å². The van der Waals surface area contributed by atoms with Crippen LogP contribution < -0.4 is 11.1 Å². The van der Waals surface area contributed by atoms with Crippen molar-refractivity contribution in [3.05, 3.63) is 83.4 Å². The van der Waals surface area contributed by atoms with E-state index in [0.717, 1.165) is 16.5 Å². The van der Waals surface area contributed by atoms with Gasteiger partial charge < -0.3 is 15.8 Å². The number of nitrogens with two attached hydrogens (primary N) is 1. The molecule has 1 aliphatic rings. The van der Waals surface area contributed by atoms with Crippen molar-refractivity contribution < 1.29 is 9.53 Å². The van der Waals surface area contributed by atoms with Crippen LogP contribution >= 0.6 is 0 Å². The van der Waals surface area contributed by atoms with Crippen molar-refractivity contribution in [1.29, 1.82) is 0 Å². The number of hydrogen-bond donors (Lipinski definition) is 3. The lowest BCUT2D eigenvalue weighted by molar-refractivity contribution is 0.144. The molecule has 0 radical (unpaired) electrons. The molecule has 6 nitrogen and oxygen atoms in total. The van der Waals surface area contributed by atoms with Crippen LogP contribution in [0.5, 0.6) is 0 Å². The smallest absolute Gasteiger partial charge is 0.407 e. The van der Waals surface area contributed by atoms with Crippen LogP contribution in [0.3, 0.4) is 0 Å². The second-order valence-corrected chi connectivity index (χ2v) is 7.35. The van der Waals surface area contributed by atoms with Gasteiger partial charge in [0.15, 0.2) is 5.82 Å². The number of nitrogen functional groups attached to an aromatic ring is 1. The first-order valence-corrected chi connectivity index (χ1v) is 10.0. The molecule has 4 N–H and O–H groups in total. The monoisotopic (exact) mass is 408 g/mol. The molecule has 1 aliphatic carbocycles. The van der Waals surface area contributed by atoms with Gasteiger partial charge in [-0.2, -0.15) is 5.10 Å². The number of rotatable bonds is 3. The van der Waals surface area contributed by atoms with Crippen LogP contribution in [0.4, 0.5) is 10.6 Å². The number of carbonyl (C=O) groups is 1. The standard InChI is InChI=1S/C25H20N4O2/c26-24-21-12-11-16(14-23(21)28-29-24)6-5-13-27-25(30)31-15-22-19-9-3-1-7-17(19)18-8-2-4-10-20(18)22/h1-4,7-12,14,22H,13,15H2,(H,27,30)(H3,26,28,29). The van der Waals surface area contributed by atoms with Crippen LogP contribution in [-0.4, -0.2) is 29.4 Å². The van der Waals surface area contributed by atoms with Crippen LogP contribution in [0.15, 0.2) is 66.7 Å². The molecule has 31 heavy (non-hydrogen) atoms. The summed E-state index contributed by atoms with van der Waals surface area (Å²) < 4.78 is 5.51. The Kier molecular flexibility index (Phi) is 4.77. The minimum Gasteiger partial charge on any atom is -0.449 e. The van der Waals surface area contributed by atoms with Crippen LogP contribution in [0, 0.1) is 11.8 Å². The maximum Gasteiger partial charge on any atom is 0.407 e. The fourth-order valence-corrected chi connectivity index (χ4v) is 4.03. The van der Waals surface area contributed by atoms with Gasteiger partial charge in [0.05, 0.1) is 12.1 Å². The van der Waals surface area contributed by atoms with Gasteiger partial charge in [0.1, 0.15) is 6.61 Å². The maximum atomic E-state index is 12.2. The van der Waals surface area contributed by atoms with Gasteiger partial charge in [-0.1, -0.05) is 60.4 Å². The van der Waals surface area contributed by atoms with Gasteiger partial charge in [-0.25, -0.2) is 4.79 Å². The summed E-state index contributed by atoms with van der Waals surface area (Å²) in [6.07, 6.45) is -0.479. The number of nitrogens with one attached hydrogen (secondary N) is 2. The molecular weight excluding hydrogens is 388 g/mol. The molecule has 0 saturated heterocycles. The average Bonchev–Trinajstić information content (AvgIpc) is 3.33. The highest BCUT2D eigenvalue weighted by molar-refractivity contribution is 5.89. The van der Waals surface area contributed by atoms with Crippen molar-refractivity contribution in [3.8, 4) is 23.0 Å². The highest BCUT2D eigenvalue weighted by atomic mass is 16.5. The first-order chi connectivity index (χ1) is 15.2. The van der Waals surface area contributed by atoms with Gasteiger partial charge in [0.25, 0.3) is 0 Å². The van der Waals surface area contributed by atoms with E-state index in [2.05, 4.69) is 51.6 Å². The fraction of sp³-hybridized carbons (Fsp3) is 0.120. The van der Waals surface area contributed by atoms with E-state index in [9.17, 15) is 4.79 Å². The molecule has 0 bridgehead atoms. The Balaban J connectivity index is 1.19. The van der Waals surface area contributed by atoms with Gasteiger partial charge in [0, 0.05) is 16.9 Å². The second kappa shape index (κ2) is 7.88. The zero-order valence-electron chi connectivity index (χ0n) is 16.7. The molecule has 1 amide bonds. The van der Waals surface area contributed by atoms with E-state index in [0.29, 0.717) is 5.82 Å². The van der Waals surface area contributed by atoms with E-state index >= 15 is 0 Å². The maximum absolute atomic E-state index is 12.2. The van der Waals surface area contributed by atoms with E-state index in [1.807, 2.05) is 42.5 Å². The number of H-pyrrole nitrogens is 1. The second-order valence-electron chi connectivity index (χ2n) is 7.35. The molecule has 4 aromatic rings. The number of nitrogens with zero attached hydrogens (tertiary/aromatic N) is 1. The van der Waals surface area contributed by atoms with Gasteiger partial charge >= 0.3 is 6.09 Å². The van der Waals surface area contributed by atoms with E-state index in [4.69, 9.17) is 10.5 Å². The van der Waals surface area contributed by atoms with E-state index in [-0.39, 0.29) is 19.1 Å². The Morgan fingerprint density at radius 2 is 1.77 bits per heavy atom. The molecule has 1 aromatic heterocycles. The molecule has 1 heterocycles. The summed E-state index contributed by atoms with van der Waals surface area (Å²) in [5.74, 6) is 6.46. The van der Waals surface area contributed by atoms with Gasteiger partial charge in [-0.15, -0.1) is 0 Å². The lowest BCUT2D eigenvalue weighted by Crippen LogP contribution is -2.26. The summed E-state index contributed by atoms with van der Waals surface area (Å²) in [5, 5.41) is 10.4. The summed E-state index contributed by atoms with van der Waals surface area (Å²) in [4.78, 5) is 12.2. The van der Waals surface area contributed by atoms with E-state index in [1.54, 1.807) is 0 Å². The molecule has 0 fully saturated rings. The first-order valence-electron chi connectivity index (χ1n) is 10.0. The number of fused-ring (bicyclic) bond motifs is 4. The van der Waals surface area contributed by atoms with Crippen molar-refractivity contribution in [1.82, 2.24) is 15.5 Å². The predicted octanol–water partition coefficient (Wildman–Crippen LogP) is 4.04. The molecule has 5 rings (SSSR count). The zero-order chi connectivity index (χ0) is 21.2. The number of ether oxygens (including phenoxy) is 1. The molecule has 6 heteroatoms. The summed E-state index contributed by atoms with van der Waals surface area (Å²) in [6.45, 7) is 0.477. The number of aromatic amines is 1. The van der Waals surface area contributed by atoms with Crippen molar-refractivity contribution in [2.45, 2.75) is 5.92 Å². The summed E-state index contributed by atoms with van der Waals surface area (Å²) in [5.41, 5.74) is 12.2. The van der Waals surface area contributed by atoms with Gasteiger partial charge in [-0.3, -0.25) is 5.10 Å². The van der Waals surface area contributed by atoms with E-state index in [1.165, 1.54) is 22.3 Å². The number of benzene rings is 3. The van der Waals surface area contributed by atoms with Gasteiger partial charge in [0.2, 0.25) is 0 Å². The van der Waals surface area contributed by atoms with Crippen LogP contribution in [0.25, 0.3) is 22.0 Å². The van der Waals surface area contributed by atoms with Gasteiger partial charge in [-0.05, 0) is 40.5 Å². The topological polar surface area (TPSA) is 93.0 Å². The molecule has 0 spiro atoms. The Bertz CT molecular complexity index is 1300. The predicted molar refractivity (Wildman–Crippen MR) is 120 cm³/mol. The van der Waals surface area contributed by atoms with Crippen molar-refractivity contribution in [2.75, 3.05) is 18.9 Å². The van der Waals surface area contributed by atoms with Crippen molar-refractivity contribution in [2.24, 2.45) is 0 Å². The minimum absolute atomic E-state index is 0.0396. The normalized spacial score (nSPS) is 12.0. The molecule has 3 aromatic carbocycles. The SMILES string of the molecule is Nc1n[nH]c2cc(C#CCNC(=O)OCC3c4ccccc4-c4ccccc43)ccc12. The third-order valence-corrected chi connectivity index (χ3v) is 5.49. The number of hydrogen-bond acceptors (Lipinski definition) is 4. The molecule has 152 valence electrons. The Hall–Kier alpha value is -4.24. The highest BCUT2D eigenvalue weighted by Gasteiger charge is 2.28. The Morgan fingerprint density at radius 3 is 2.52 bits per heavy atom. The number of aromatic nitrogens is 2. The molecular formula is C25H20N4O2. The summed E-state index contributed by atoms with van der Waals surface area (Å²) in [7, 11) is 0. The molecule has 0 saturated carbocycles. The summed E-state index contributed by atoms with van der Waals surface area (Å²) in [6, 6.07) is 22.1. The number of amides is 1. The van der Waals surface area contributed by atoms with Crippen LogP contribution in [0.1, 0.15) is 22.6 Å². The third kappa shape index (κ3) is 3.58. The fourth-order valence-electron chi connectivity index (χ4n) is 4.03. The van der Waals surface area contributed by atoms with Crippen LogP contribution in [0.2, 0.25) is 0 Å². The number of alkyl carbamates (subject to hydrolysis) is 1. The zero-order valence-corrected chi connectivity index (χ0v) is 16.7. The van der Waals surface area contributed by atoms with E-state index < -0.39 is 6.09 Å². The number of anilines is 1. The molecule has 0 atom stereocenters. The van der Waals surface area contributed by atoms with Crippen molar-refractivity contribution in [3.63, 3.8) is 0 Å². The third-order valence-electron chi connectivity index (χ3n) is 5.49.